The van der Waals surface area contributed by atoms with E-state index in [0.29, 0.717) is 6.54 Å². The highest BCUT2D eigenvalue weighted by atomic mass is 32.2. The first-order valence-corrected chi connectivity index (χ1v) is 8.02. The van der Waals surface area contributed by atoms with Crippen molar-refractivity contribution in [2.45, 2.75) is 50.3 Å². The van der Waals surface area contributed by atoms with Crippen molar-refractivity contribution in [2.24, 2.45) is 5.92 Å². The fourth-order valence-electron chi connectivity index (χ4n) is 2.11. The van der Waals surface area contributed by atoms with Crippen molar-refractivity contribution in [3.05, 3.63) is 0 Å². The molecule has 0 aromatic heterocycles. The van der Waals surface area contributed by atoms with Gasteiger partial charge in [0.05, 0.1) is 0 Å². The summed E-state index contributed by atoms with van der Waals surface area (Å²) < 4.78 is 0.0373. The number of rotatable bonds is 8. The minimum Gasteiger partial charge on any atom is -0.480 e. The third kappa shape index (κ3) is 4.60. The molecule has 1 rings (SSSR count). The van der Waals surface area contributed by atoms with Gasteiger partial charge in [-0.05, 0) is 37.9 Å². The molecule has 0 aliphatic heterocycles. The average Bonchev–Trinajstić information content (AvgIpc) is 3.22. The van der Waals surface area contributed by atoms with E-state index in [1.54, 1.807) is 11.8 Å². The molecule has 1 fully saturated rings. The molecule has 0 aromatic rings. The van der Waals surface area contributed by atoms with Gasteiger partial charge < -0.3 is 15.7 Å². The van der Waals surface area contributed by atoms with Crippen molar-refractivity contribution in [3.63, 3.8) is 0 Å². The molecule has 0 heterocycles. The predicted octanol–water partition coefficient (Wildman–Crippen LogP) is 2.07. The van der Waals surface area contributed by atoms with E-state index in [1.807, 2.05) is 6.26 Å². The molecule has 0 aromatic carbocycles. The Morgan fingerprint density at radius 1 is 1.37 bits per heavy atom. The van der Waals surface area contributed by atoms with Crippen LogP contribution < -0.4 is 10.6 Å². The molecule has 110 valence electrons. The average molecular weight is 288 g/mol. The van der Waals surface area contributed by atoms with Crippen LogP contribution in [0.2, 0.25) is 0 Å². The second-order valence-corrected chi connectivity index (χ2v) is 6.35. The van der Waals surface area contributed by atoms with Crippen molar-refractivity contribution >= 4 is 23.8 Å². The Morgan fingerprint density at radius 2 is 1.95 bits per heavy atom. The van der Waals surface area contributed by atoms with Crippen LogP contribution >= 0.6 is 11.8 Å². The minimum atomic E-state index is -0.945. The van der Waals surface area contributed by atoms with Crippen LogP contribution in [0, 0.1) is 5.92 Å². The zero-order valence-electron chi connectivity index (χ0n) is 11.9. The molecular formula is C13H24N2O3S. The van der Waals surface area contributed by atoms with Gasteiger partial charge in [0, 0.05) is 11.3 Å². The smallest absolute Gasteiger partial charge is 0.326 e. The Hall–Kier alpha value is -0.910. The lowest BCUT2D eigenvalue weighted by Gasteiger charge is -2.30. The van der Waals surface area contributed by atoms with Gasteiger partial charge in [0.25, 0.3) is 0 Å². The number of carboxylic acid groups (broad SMARTS) is 1. The molecule has 2 amide bonds. The standard InChI is InChI=1S/C13H24N2O3S/c1-4-13(5-2,19-3)8-14-12(18)15-10(11(16)17)9-6-7-9/h9-10H,4-8H2,1-3H3,(H,16,17)(H2,14,15,18). The molecule has 6 heteroatoms. The van der Waals surface area contributed by atoms with Crippen molar-refractivity contribution in [1.29, 1.82) is 0 Å². The first kappa shape index (κ1) is 16.1. The van der Waals surface area contributed by atoms with Gasteiger partial charge in [0.2, 0.25) is 0 Å². The Balaban J connectivity index is 2.44. The van der Waals surface area contributed by atoms with E-state index in [1.165, 1.54) is 0 Å². The van der Waals surface area contributed by atoms with E-state index in [9.17, 15) is 9.59 Å². The molecule has 5 nitrogen and oxygen atoms in total. The third-order valence-electron chi connectivity index (χ3n) is 3.94. The molecule has 19 heavy (non-hydrogen) atoms. The molecule has 3 N–H and O–H groups in total. The maximum atomic E-state index is 11.8. The summed E-state index contributed by atoms with van der Waals surface area (Å²) in [6, 6.07) is -1.12. The summed E-state index contributed by atoms with van der Waals surface area (Å²) in [5.74, 6) is -0.842. The second kappa shape index (κ2) is 7.03. The van der Waals surface area contributed by atoms with Crippen LogP contribution in [0.4, 0.5) is 4.79 Å². The molecule has 0 radical (unpaired) electrons. The first-order chi connectivity index (χ1) is 8.98. The number of carbonyl (C=O) groups is 2. The molecule has 1 atom stereocenters. The lowest BCUT2D eigenvalue weighted by Crippen LogP contribution is -2.50. The van der Waals surface area contributed by atoms with Crippen LogP contribution in [0.5, 0.6) is 0 Å². The maximum absolute atomic E-state index is 11.8. The van der Waals surface area contributed by atoms with E-state index >= 15 is 0 Å². The fourth-order valence-corrected chi connectivity index (χ4v) is 2.90. The highest BCUT2D eigenvalue weighted by molar-refractivity contribution is 8.00. The van der Waals surface area contributed by atoms with Crippen molar-refractivity contribution in [1.82, 2.24) is 10.6 Å². The van der Waals surface area contributed by atoms with Crippen LogP contribution in [0.15, 0.2) is 0 Å². The first-order valence-electron chi connectivity index (χ1n) is 6.80. The Morgan fingerprint density at radius 3 is 2.32 bits per heavy atom. The zero-order chi connectivity index (χ0) is 14.5. The van der Waals surface area contributed by atoms with Gasteiger partial charge in [-0.2, -0.15) is 11.8 Å². The number of amides is 2. The molecule has 1 aliphatic rings. The number of hydrogen-bond donors (Lipinski definition) is 3. The molecule has 1 unspecified atom stereocenters. The van der Waals surface area contributed by atoms with E-state index in [4.69, 9.17) is 5.11 Å². The normalized spacial score (nSPS) is 16.8. The van der Waals surface area contributed by atoms with E-state index in [0.717, 1.165) is 25.7 Å². The van der Waals surface area contributed by atoms with Crippen LogP contribution in [0.25, 0.3) is 0 Å². The zero-order valence-corrected chi connectivity index (χ0v) is 12.7. The van der Waals surface area contributed by atoms with E-state index in [-0.39, 0.29) is 16.7 Å². The molecule has 1 saturated carbocycles. The summed E-state index contributed by atoms with van der Waals surface area (Å²) in [6.07, 6.45) is 5.74. The van der Waals surface area contributed by atoms with Crippen LogP contribution in [-0.4, -0.2) is 40.7 Å². The number of urea groups is 1. The number of carboxylic acids is 1. The van der Waals surface area contributed by atoms with Gasteiger partial charge in [-0.15, -0.1) is 0 Å². The molecular weight excluding hydrogens is 264 g/mol. The number of hydrogen-bond acceptors (Lipinski definition) is 3. The summed E-state index contributed by atoms with van der Waals surface area (Å²) in [7, 11) is 0. The molecule has 0 spiro atoms. The highest BCUT2D eigenvalue weighted by Gasteiger charge is 2.37. The Kier molecular flexibility index (Phi) is 5.97. The van der Waals surface area contributed by atoms with Gasteiger partial charge in [-0.25, -0.2) is 9.59 Å². The van der Waals surface area contributed by atoms with Crippen molar-refractivity contribution < 1.29 is 14.7 Å². The van der Waals surface area contributed by atoms with Gasteiger partial charge in [-0.3, -0.25) is 0 Å². The van der Waals surface area contributed by atoms with E-state index < -0.39 is 12.0 Å². The summed E-state index contributed by atoms with van der Waals surface area (Å²) in [6.45, 7) is 4.76. The topological polar surface area (TPSA) is 78.4 Å². The number of nitrogens with one attached hydrogen (secondary N) is 2. The third-order valence-corrected chi connectivity index (χ3v) is 5.53. The Bertz CT molecular complexity index is 320. The van der Waals surface area contributed by atoms with Crippen LogP contribution in [0.1, 0.15) is 39.5 Å². The number of aliphatic carboxylic acids is 1. The van der Waals surface area contributed by atoms with Crippen molar-refractivity contribution in [3.8, 4) is 0 Å². The monoisotopic (exact) mass is 288 g/mol. The van der Waals surface area contributed by atoms with E-state index in [2.05, 4.69) is 24.5 Å². The predicted molar refractivity (Wildman–Crippen MR) is 77.5 cm³/mol. The summed E-state index contributed by atoms with van der Waals surface area (Å²) in [4.78, 5) is 22.8. The van der Waals surface area contributed by atoms with Crippen LogP contribution in [-0.2, 0) is 4.79 Å². The maximum Gasteiger partial charge on any atom is 0.326 e. The lowest BCUT2D eigenvalue weighted by molar-refractivity contribution is -0.139. The summed E-state index contributed by atoms with van der Waals surface area (Å²) >= 11 is 1.74. The number of carbonyl (C=O) groups excluding carboxylic acids is 1. The Labute approximate surface area is 118 Å². The molecule has 0 saturated heterocycles. The highest BCUT2D eigenvalue weighted by Crippen LogP contribution is 2.33. The van der Waals surface area contributed by atoms with Gasteiger partial charge >= 0.3 is 12.0 Å². The quantitative estimate of drug-likeness (QED) is 0.639. The number of thioether (sulfide) groups is 1. The van der Waals surface area contributed by atoms with Gasteiger partial charge in [0.1, 0.15) is 6.04 Å². The SMILES string of the molecule is CCC(CC)(CNC(=O)NC(C(=O)O)C1CC1)SC. The van der Waals surface area contributed by atoms with Gasteiger partial charge in [-0.1, -0.05) is 13.8 Å². The van der Waals surface area contributed by atoms with Crippen molar-refractivity contribution in [2.75, 3.05) is 12.8 Å². The largest absolute Gasteiger partial charge is 0.480 e. The molecule has 0 bridgehead atoms. The summed E-state index contributed by atoms with van der Waals surface area (Å²) in [5, 5.41) is 14.4. The fraction of sp³-hybridized carbons (Fsp3) is 0.846. The molecule has 1 aliphatic carbocycles. The van der Waals surface area contributed by atoms with Gasteiger partial charge in [0.15, 0.2) is 0 Å². The lowest BCUT2D eigenvalue weighted by atomic mass is 10.0. The van der Waals surface area contributed by atoms with Crippen LogP contribution in [0.3, 0.4) is 0 Å². The summed E-state index contributed by atoms with van der Waals surface area (Å²) in [5.41, 5.74) is 0. The minimum absolute atomic E-state index is 0.0373. The second-order valence-electron chi connectivity index (χ2n) is 5.07.